The first kappa shape index (κ1) is 25.0. The number of sulfone groups is 1. The zero-order chi connectivity index (χ0) is 25.3. The van der Waals surface area contributed by atoms with E-state index in [-0.39, 0.29) is 23.5 Å². The molecule has 1 unspecified atom stereocenters. The molecule has 0 saturated carbocycles. The lowest BCUT2D eigenvalue weighted by Gasteiger charge is -2.14. The number of rotatable bonds is 8. The number of carbonyl (C=O) groups excluding carboxylic acids is 1. The van der Waals surface area contributed by atoms with E-state index in [0.29, 0.717) is 58.4 Å². The number of carbonyl (C=O) groups is 1. The van der Waals surface area contributed by atoms with Crippen molar-refractivity contribution < 1.29 is 22.7 Å². The van der Waals surface area contributed by atoms with Gasteiger partial charge in [0.15, 0.2) is 27.0 Å². The standard InChI is InChI=1S/C25H32N4O5S/c1-15(2)8-10-26-25(30)19-13-20(17-6-7-21(33-4)22(12-17)34-5)27-24-23(19)16(3)28-29(24)18-9-11-35(31,32)14-18/h6-7,12-13,15,18H,8-11,14H2,1-5H3,(H,26,30). The number of pyridine rings is 1. The van der Waals surface area contributed by atoms with Crippen molar-refractivity contribution in [3.05, 3.63) is 35.5 Å². The summed E-state index contributed by atoms with van der Waals surface area (Å²) < 4.78 is 36.8. The molecule has 1 aromatic carbocycles. The number of methoxy groups -OCH3 is 2. The van der Waals surface area contributed by atoms with Crippen LogP contribution in [0.25, 0.3) is 22.3 Å². The molecule has 3 aromatic rings. The first-order valence-electron chi connectivity index (χ1n) is 11.7. The fourth-order valence-corrected chi connectivity index (χ4v) is 6.12. The van der Waals surface area contributed by atoms with Crippen LogP contribution in [0.15, 0.2) is 24.3 Å². The molecule has 188 valence electrons. The van der Waals surface area contributed by atoms with Crippen molar-refractivity contribution >= 4 is 26.8 Å². The predicted molar refractivity (Wildman–Crippen MR) is 135 cm³/mol. The van der Waals surface area contributed by atoms with Crippen LogP contribution >= 0.6 is 0 Å². The average Bonchev–Trinajstić information content (AvgIpc) is 3.36. The molecule has 1 saturated heterocycles. The van der Waals surface area contributed by atoms with E-state index >= 15 is 0 Å². The highest BCUT2D eigenvalue weighted by molar-refractivity contribution is 7.91. The number of nitrogens with zero attached hydrogens (tertiary/aromatic N) is 3. The number of hydrogen-bond acceptors (Lipinski definition) is 7. The maximum absolute atomic E-state index is 13.3. The van der Waals surface area contributed by atoms with Crippen molar-refractivity contribution in [2.45, 2.75) is 39.7 Å². The van der Waals surface area contributed by atoms with E-state index in [1.165, 1.54) is 0 Å². The lowest BCUT2D eigenvalue weighted by atomic mass is 10.0. The molecule has 9 nitrogen and oxygen atoms in total. The fraction of sp³-hybridized carbons (Fsp3) is 0.480. The molecular formula is C25H32N4O5S. The smallest absolute Gasteiger partial charge is 0.252 e. The second-order valence-corrected chi connectivity index (χ2v) is 11.6. The van der Waals surface area contributed by atoms with Crippen LogP contribution in [0.1, 0.15) is 48.8 Å². The van der Waals surface area contributed by atoms with Gasteiger partial charge in [0.1, 0.15) is 0 Å². The lowest BCUT2D eigenvalue weighted by molar-refractivity contribution is 0.0953. The second-order valence-electron chi connectivity index (χ2n) is 9.35. The number of ether oxygens (including phenoxy) is 2. The molecule has 1 aliphatic heterocycles. The number of aromatic nitrogens is 3. The van der Waals surface area contributed by atoms with Gasteiger partial charge in [-0.25, -0.2) is 18.1 Å². The van der Waals surface area contributed by atoms with Crippen LogP contribution in [-0.4, -0.2) is 61.4 Å². The number of hydrogen-bond donors (Lipinski definition) is 1. The first-order chi connectivity index (χ1) is 16.6. The summed E-state index contributed by atoms with van der Waals surface area (Å²) in [5.74, 6) is 1.52. The molecular weight excluding hydrogens is 468 g/mol. The van der Waals surface area contributed by atoms with Crippen LogP contribution in [0.4, 0.5) is 0 Å². The van der Waals surface area contributed by atoms with Crippen molar-refractivity contribution in [1.82, 2.24) is 20.1 Å². The third-order valence-corrected chi connectivity index (χ3v) is 8.07. The highest BCUT2D eigenvalue weighted by Gasteiger charge is 2.32. The highest BCUT2D eigenvalue weighted by Crippen LogP contribution is 2.35. The summed E-state index contributed by atoms with van der Waals surface area (Å²) in [6.45, 7) is 6.59. The zero-order valence-electron chi connectivity index (χ0n) is 20.8. The molecule has 0 spiro atoms. The minimum Gasteiger partial charge on any atom is -0.493 e. The normalized spacial score (nSPS) is 17.1. The van der Waals surface area contributed by atoms with E-state index in [1.807, 2.05) is 13.0 Å². The molecule has 1 atom stereocenters. The minimum atomic E-state index is -3.13. The fourth-order valence-electron chi connectivity index (χ4n) is 4.43. The molecule has 35 heavy (non-hydrogen) atoms. The Morgan fingerprint density at radius 2 is 1.94 bits per heavy atom. The topological polar surface area (TPSA) is 112 Å². The highest BCUT2D eigenvalue weighted by atomic mass is 32.2. The monoisotopic (exact) mass is 500 g/mol. The quantitative estimate of drug-likeness (QED) is 0.503. The lowest BCUT2D eigenvalue weighted by Crippen LogP contribution is -2.25. The van der Waals surface area contributed by atoms with Crippen LogP contribution in [-0.2, 0) is 9.84 Å². The Bertz CT molecular complexity index is 1360. The molecule has 0 bridgehead atoms. The van der Waals surface area contributed by atoms with Gasteiger partial charge in [-0.2, -0.15) is 5.10 Å². The van der Waals surface area contributed by atoms with Crippen LogP contribution < -0.4 is 14.8 Å². The number of aryl methyl sites for hydroxylation is 1. The largest absolute Gasteiger partial charge is 0.493 e. The molecule has 0 radical (unpaired) electrons. The Hall–Kier alpha value is -3.14. The maximum Gasteiger partial charge on any atom is 0.252 e. The number of benzene rings is 1. The Labute approximate surface area is 205 Å². The van der Waals surface area contributed by atoms with Crippen LogP contribution in [0.5, 0.6) is 11.5 Å². The SMILES string of the molecule is COc1ccc(-c2cc(C(=O)NCCC(C)C)c3c(C)nn(C4CCS(=O)(=O)C4)c3n2)cc1OC. The van der Waals surface area contributed by atoms with Gasteiger partial charge in [0.25, 0.3) is 5.91 Å². The molecule has 1 aliphatic rings. The molecule has 10 heteroatoms. The number of nitrogens with one attached hydrogen (secondary N) is 1. The van der Waals surface area contributed by atoms with E-state index in [4.69, 9.17) is 14.5 Å². The van der Waals surface area contributed by atoms with Crippen molar-refractivity contribution in [2.24, 2.45) is 5.92 Å². The van der Waals surface area contributed by atoms with Gasteiger partial charge in [0.05, 0.1) is 54.1 Å². The van der Waals surface area contributed by atoms with E-state index < -0.39 is 9.84 Å². The van der Waals surface area contributed by atoms with E-state index in [2.05, 4.69) is 24.3 Å². The minimum absolute atomic E-state index is 0.0153. The summed E-state index contributed by atoms with van der Waals surface area (Å²) in [6.07, 6.45) is 1.33. The second kappa shape index (κ2) is 9.85. The van der Waals surface area contributed by atoms with Crippen molar-refractivity contribution in [3.63, 3.8) is 0 Å². The summed E-state index contributed by atoms with van der Waals surface area (Å²) in [4.78, 5) is 18.2. The molecule has 1 amide bonds. The van der Waals surface area contributed by atoms with Gasteiger partial charge >= 0.3 is 0 Å². The Morgan fingerprint density at radius 1 is 1.20 bits per heavy atom. The Morgan fingerprint density at radius 3 is 2.57 bits per heavy atom. The van der Waals surface area contributed by atoms with Gasteiger partial charge in [0.2, 0.25) is 0 Å². The van der Waals surface area contributed by atoms with Crippen LogP contribution in [0, 0.1) is 12.8 Å². The summed E-state index contributed by atoms with van der Waals surface area (Å²) in [6, 6.07) is 6.89. The van der Waals surface area contributed by atoms with Crippen molar-refractivity contribution in [3.8, 4) is 22.8 Å². The summed E-state index contributed by atoms with van der Waals surface area (Å²) >= 11 is 0. The molecule has 1 N–H and O–H groups in total. The summed E-state index contributed by atoms with van der Waals surface area (Å²) in [5, 5.41) is 8.31. The van der Waals surface area contributed by atoms with Gasteiger partial charge in [-0.15, -0.1) is 0 Å². The summed E-state index contributed by atoms with van der Waals surface area (Å²) in [5.41, 5.74) is 2.92. The van der Waals surface area contributed by atoms with E-state index in [0.717, 1.165) is 12.0 Å². The first-order valence-corrected chi connectivity index (χ1v) is 13.6. The van der Waals surface area contributed by atoms with Gasteiger partial charge in [-0.05, 0) is 49.9 Å². The number of amides is 1. The van der Waals surface area contributed by atoms with E-state index in [9.17, 15) is 13.2 Å². The Balaban J connectivity index is 1.87. The van der Waals surface area contributed by atoms with Gasteiger partial charge in [-0.1, -0.05) is 13.8 Å². The molecule has 3 heterocycles. The van der Waals surface area contributed by atoms with E-state index in [1.54, 1.807) is 37.1 Å². The molecule has 0 aliphatic carbocycles. The van der Waals surface area contributed by atoms with Gasteiger partial charge in [-0.3, -0.25) is 4.79 Å². The average molecular weight is 501 g/mol. The molecule has 1 fully saturated rings. The van der Waals surface area contributed by atoms with Crippen molar-refractivity contribution in [2.75, 3.05) is 32.3 Å². The van der Waals surface area contributed by atoms with Crippen LogP contribution in [0.3, 0.4) is 0 Å². The maximum atomic E-state index is 13.3. The van der Waals surface area contributed by atoms with Gasteiger partial charge in [0, 0.05) is 12.1 Å². The van der Waals surface area contributed by atoms with Crippen LogP contribution in [0.2, 0.25) is 0 Å². The predicted octanol–water partition coefficient (Wildman–Crippen LogP) is 3.56. The zero-order valence-corrected chi connectivity index (χ0v) is 21.6. The third-order valence-electron chi connectivity index (χ3n) is 6.32. The summed E-state index contributed by atoms with van der Waals surface area (Å²) in [7, 11) is 0.00125. The molecule has 2 aromatic heterocycles. The third kappa shape index (κ3) is 5.12. The Kier molecular flexibility index (Phi) is 7.02. The molecule has 4 rings (SSSR count). The van der Waals surface area contributed by atoms with Gasteiger partial charge < -0.3 is 14.8 Å². The number of fused-ring (bicyclic) bond motifs is 1. The van der Waals surface area contributed by atoms with Crippen molar-refractivity contribution in [1.29, 1.82) is 0 Å².